The predicted molar refractivity (Wildman–Crippen MR) is 78.4 cm³/mol. The first kappa shape index (κ1) is 13.4. The molecule has 0 spiro atoms. The molecule has 2 heterocycles. The Hall–Kier alpha value is -2.56. The number of nitrogens with zero attached hydrogens (tertiary/aromatic N) is 1. The van der Waals surface area contributed by atoms with Crippen molar-refractivity contribution in [1.82, 2.24) is 9.88 Å². The van der Waals surface area contributed by atoms with E-state index in [4.69, 9.17) is 4.74 Å². The summed E-state index contributed by atoms with van der Waals surface area (Å²) in [6, 6.07) is 10.6. The molecular weight excluding hydrogens is 268 g/mol. The van der Waals surface area contributed by atoms with Crippen LogP contribution in [0.3, 0.4) is 0 Å². The van der Waals surface area contributed by atoms with Crippen molar-refractivity contribution in [2.45, 2.75) is 12.5 Å². The molecule has 5 heteroatoms. The van der Waals surface area contributed by atoms with Crippen LogP contribution < -0.4 is 15.6 Å². The van der Waals surface area contributed by atoms with E-state index in [1.807, 2.05) is 24.3 Å². The molecule has 21 heavy (non-hydrogen) atoms. The highest BCUT2D eigenvalue weighted by atomic mass is 16.5. The Balaban J connectivity index is 1.82. The monoisotopic (exact) mass is 284 g/mol. The zero-order chi connectivity index (χ0) is 14.8. The standard InChI is InChI=1S/C16H16N2O3/c1-18-8-6-11(10-15(18)19)16(20)17-13-7-9-21-14-5-3-2-4-12(13)14/h2-6,8,10,13H,7,9H2,1H3,(H,17,20)/t13-/m0/s1. The van der Waals surface area contributed by atoms with E-state index in [0.29, 0.717) is 18.6 Å². The van der Waals surface area contributed by atoms with Gasteiger partial charge in [-0.05, 0) is 12.1 Å². The van der Waals surface area contributed by atoms with Gasteiger partial charge in [-0.2, -0.15) is 0 Å². The number of nitrogens with one attached hydrogen (secondary N) is 1. The molecular formula is C16H16N2O3. The smallest absolute Gasteiger partial charge is 0.252 e. The molecule has 1 atom stereocenters. The number of carbonyl (C=O) groups excluding carboxylic acids is 1. The summed E-state index contributed by atoms with van der Waals surface area (Å²) in [5.41, 5.74) is 1.15. The van der Waals surface area contributed by atoms with Crippen LogP contribution in [0.1, 0.15) is 28.4 Å². The van der Waals surface area contributed by atoms with E-state index in [1.165, 1.54) is 10.6 Å². The summed E-state index contributed by atoms with van der Waals surface area (Å²) in [6.07, 6.45) is 2.31. The van der Waals surface area contributed by atoms with Gasteiger partial charge in [0.15, 0.2) is 0 Å². The molecule has 1 aromatic heterocycles. The van der Waals surface area contributed by atoms with Crippen molar-refractivity contribution < 1.29 is 9.53 Å². The van der Waals surface area contributed by atoms with E-state index >= 15 is 0 Å². The molecule has 0 bridgehead atoms. The van der Waals surface area contributed by atoms with E-state index in [2.05, 4.69) is 5.32 Å². The highest BCUT2D eigenvalue weighted by molar-refractivity contribution is 5.94. The third-order valence-electron chi connectivity index (χ3n) is 3.63. The second-order valence-corrected chi connectivity index (χ2v) is 5.07. The second kappa shape index (κ2) is 5.44. The summed E-state index contributed by atoms with van der Waals surface area (Å²) in [5, 5.41) is 2.97. The number of pyridine rings is 1. The second-order valence-electron chi connectivity index (χ2n) is 5.07. The quantitative estimate of drug-likeness (QED) is 0.912. The molecule has 0 radical (unpaired) electrons. The molecule has 0 fully saturated rings. The molecule has 2 aromatic rings. The molecule has 1 N–H and O–H groups in total. The van der Waals surface area contributed by atoms with Crippen LogP contribution in [0.25, 0.3) is 0 Å². The van der Waals surface area contributed by atoms with Crippen molar-refractivity contribution in [2.24, 2.45) is 7.05 Å². The van der Waals surface area contributed by atoms with Gasteiger partial charge in [0.25, 0.3) is 11.5 Å². The lowest BCUT2D eigenvalue weighted by Crippen LogP contribution is -2.33. The SMILES string of the molecule is Cn1ccc(C(=O)N[C@H]2CCOc3ccccc32)cc1=O. The fraction of sp³-hybridized carbons (Fsp3) is 0.250. The zero-order valence-corrected chi connectivity index (χ0v) is 11.7. The number of carbonyl (C=O) groups is 1. The van der Waals surface area contributed by atoms with E-state index in [1.54, 1.807) is 19.3 Å². The van der Waals surface area contributed by atoms with Crippen LogP contribution in [-0.4, -0.2) is 17.1 Å². The molecule has 1 aliphatic rings. The van der Waals surface area contributed by atoms with Crippen LogP contribution in [0.2, 0.25) is 0 Å². The van der Waals surface area contributed by atoms with Gasteiger partial charge in [-0.3, -0.25) is 9.59 Å². The average Bonchev–Trinajstić information content (AvgIpc) is 2.50. The topological polar surface area (TPSA) is 60.3 Å². The molecule has 1 aliphatic heterocycles. The first-order valence-electron chi connectivity index (χ1n) is 6.84. The number of fused-ring (bicyclic) bond motifs is 1. The maximum Gasteiger partial charge on any atom is 0.252 e. The minimum Gasteiger partial charge on any atom is -0.493 e. The summed E-state index contributed by atoms with van der Waals surface area (Å²) in [6.45, 7) is 0.568. The fourth-order valence-electron chi connectivity index (χ4n) is 2.42. The Kier molecular flexibility index (Phi) is 3.48. The lowest BCUT2D eigenvalue weighted by molar-refractivity contribution is 0.0924. The zero-order valence-electron chi connectivity index (χ0n) is 11.7. The largest absolute Gasteiger partial charge is 0.493 e. The maximum atomic E-state index is 12.3. The summed E-state index contributed by atoms with van der Waals surface area (Å²) >= 11 is 0. The molecule has 3 rings (SSSR count). The summed E-state index contributed by atoms with van der Waals surface area (Å²) in [7, 11) is 1.65. The number of para-hydroxylation sites is 1. The van der Waals surface area contributed by atoms with Gasteiger partial charge in [0, 0.05) is 36.9 Å². The lowest BCUT2D eigenvalue weighted by Gasteiger charge is -2.26. The number of rotatable bonds is 2. The van der Waals surface area contributed by atoms with Crippen LogP contribution in [0.4, 0.5) is 0 Å². The summed E-state index contributed by atoms with van der Waals surface area (Å²) in [5.74, 6) is 0.562. The fourth-order valence-corrected chi connectivity index (χ4v) is 2.42. The Labute approximate surface area is 122 Å². The maximum absolute atomic E-state index is 12.3. The number of hydrogen-bond acceptors (Lipinski definition) is 3. The normalized spacial score (nSPS) is 16.7. The molecule has 0 unspecified atom stereocenters. The minimum atomic E-state index is -0.241. The Bertz CT molecular complexity index is 736. The molecule has 1 aromatic carbocycles. The Morgan fingerprint density at radius 2 is 2.14 bits per heavy atom. The van der Waals surface area contributed by atoms with E-state index in [0.717, 1.165) is 11.3 Å². The highest BCUT2D eigenvalue weighted by Gasteiger charge is 2.23. The summed E-state index contributed by atoms with van der Waals surface area (Å²) in [4.78, 5) is 23.9. The highest BCUT2D eigenvalue weighted by Crippen LogP contribution is 2.31. The number of aryl methyl sites for hydroxylation is 1. The van der Waals surface area contributed by atoms with Crippen molar-refractivity contribution in [2.75, 3.05) is 6.61 Å². The minimum absolute atomic E-state index is 0.0912. The van der Waals surface area contributed by atoms with Crippen molar-refractivity contribution in [3.8, 4) is 5.75 Å². The molecule has 0 saturated carbocycles. The molecule has 0 saturated heterocycles. The molecule has 5 nitrogen and oxygen atoms in total. The summed E-state index contributed by atoms with van der Waals surface area (Å²) < 4.78 is 7.00. The predicted octanol–water partition coefficient (Wildman–Crippen LogP) is 1.64. The first-order valence-corrected chi connectivity index (χ1v) is 6.84. The average molecular weight is 284 g/mol. The molecule has 108 valence electrons. The van der Waals surface area contributed by atoms with Gasteiger partial charge in [-0.15, -0.1) is 0 Å². The van der Waals surface area contributed by atoms with E-state index in [-0.39, 0.29) is 17.5 Å². The molecule has 0 aliphatic carbocycles. The van der Waals surface area contributed by atoms with Crippen molar-refractivity contribution in [3.63, 3.8) is 0 Å². The van der Waals surface area contributed by atoms with Crippen LogP contribution in [0.5, 0.6) is 5.75 Å². The Morgan fingerprint density at radius 1 is 1.33 bits per heavy atom. The van der Waals surface area contributed by atoms with Gasteiger partial charge in [0.05, 0.1) is 12.6 Å². The number of ether oxygens (including phenoxy) is 1. The number of amides is 1. The van der Waals surface area contributed by atoms with Gasteiger partial charge >= 0.3 is 0 Å². The molecule has 1 amide bonds. The van der Waals surface area contributed by atoms with Crippen LogP contribution in [0, 0.1) is 0 Å². The van der Waals surface area contributed by atoms with E-state index in [9.17, 15) is 9.59 Å². The van der Waals surface area contributed by atoms with Crippen LogP contribution >= 0.6 is 0 Å². The van der Waals surface area contributed by atoms with Crippen molar-refractivity contribution in [1.29, 1.82) is 0 Å². The van der Waals surface area contributed by atoms with Crippen LogP contribution in [-0.2, 0) is 7.05 Å². The van der Waals surface area contributed by atoms with Crippen molar-refractivity contribution >= 4 is 5.91 Å². The number of benzene rings is 1. The first-order chi connectivity index (χ1) is 10.1. The van der Waals surface area contributed by atoms with Gasteiger partial charge in [-0.25, -0.2) is 0 Å². The number of aromatic nitrogens is 1. The van der Waals surface area contributed by atoms with Gasteiger partial charge in [-0.1, -0.05) is 18.2 Å². The lowest BCUT2D eigenvalue weighted by atomic mass is 10.0. The number of hydrogen-bond donors (Lipinski definition) is 1. The van der Waals surface area contributed by atoms with Crippen LogP contribution in [0.15, 0.2) is 47.4 Å². The van der Waals surface area contributed by atoms with Gasteiger partial charge in [0.1, 0.15) is 5.75 Å². The van der Waals surface area contributed by atoms with Crippen molar-refractivity contribution in [3.05, 3.63) is 64.1 Å². The van der Waals surface area contributed by atoms with E-state index < -0.39 is 0 Å². The van der Waals surface area contributed by atoms with Gasteiger partial charge in [0.2, 0.25) is 0 Å². The third-order valence-corrected chi connectivity index (χ3v) is 3.63. The third kappa shape index (κ3) is 2.67. The Morgan fingerprint density at radius 3 is 2.95 bits per heavy atom. The van der Waals surface area contributed by atoms with Gasteiger partial charge < -0.3 is 14.6 Å².